The third kappa shape index (κ3) is 3.14. The Hall–Kier alpha value is -3.07. The maximum absolute atomic E-state index is 13.3. The van der Waals surface area contributed by atoms with Gasteiger partial charge in [0.05, 0.1) is 36.3 Å². The van der Waals surface area contributed by atoms with Gasteiger partial charge in [-0.25, -0.2) is 4.98 Å². The molecular formula is C24H25N3O5. The van der Waals surface area contributed by atoms with Gasteiger partial charge in [0.1, 0.15) is 11.2 Å². The number of rotatable bonds is 2. The summed E-state index contributed by atoms with van der Waals surface area (Å²) in [6, 6.07) is 9.45. The summed E-state index contributed by atoms with van der Waals surface area (Å²) in [4.78, 5) is 23.7. The molecule has 0 spiro atoms. The summed E-state index contributed by atoms with van der Waals surface area (Å²) in [6.45, 7) is 7.45. The average Bonchev–Trinajstić information content (AvgIpc) is 3.09. The number of nitrogens with zero attached hydrogens (tertiary/aromatic N) is 3. The van der Waals surface area contributed by atoms with Gasteiger partial charge in [0.15, 0.2) is 6.29 Å². The minimum Gasteiger partial charge on any atom is -0.390 e. The second-order valence-electron chi connectivity index (χ2n) is 9.43. The summed E-state index contributed by atoms with van der Waals surface area (Å²) >= 11 is 0. The Bertz CT molecular complexity index is 1330. The van der Waals surface area contributed by atoms with E-state index in [2.05, 4.69) is 5.16 Å². The van der Waals surface area contributed by atoms with E-state index in [1.165, 1.54) is 6.92 Å². The number of hydrogen-bond acceptors (Lipinski definition) is 7. The first-order valence-electron chi connectivity index (χ1n) is 10.5. The van der Waals surface area contributed by atoms with Crippen molar-refractivity contribution >= 4 is 17.1 Å². The Morgan fingerprint density at radius 3 is 2.81 bits per heavy atom. The van der Waals surface area contributed by atoms with Crippen LogP contribution >= 0.6 is 0 Å². The number of ether oxygens (including phenoxy) is 1. The molecule has 0 bridgehead atoms. The van der Waals surface area contributed by atoms with E-state index in [4.69, 9.17) is 14.6 Å². The smallest absolute Gasteiger partial charge is 0.257 e. The molecule has 0 fully saturated rings. The van der Waals surface area contributed by atoms with E-state index in [1.54, 1.807) is 16.8 Å². The van der Waals surface area contributed by atoms with Crippen molar-refractivity contribution in [1.82, 2.24) is 9.55 Å². The van der Waals surface area contributed by atoms with Gasteiger partial charge in [-0.2, -0.15) is 0 Å². The lowest BCUT2D eigenvalue weighted by Crippen LogP contribution is -2.45. The summed E-state index contributed by atoms with van der Waals surface area (Å²) in [7, 11) is 0. The van der Waals surface area contributed by atoms with Crippen molar-refractivity contribution in [1.29, 1.82) is 0 Å². The van der Waals surface area contributed by atoms with Gasteiger partial charge in [0.2, 0.25) is 0 Å². The molecule has 3 aromatic rings. The molecule has 2 atom stereocenters. The third-order valence-electron chi connectivity index (χ3n) is 5.92. The summed E-state index contributed by atoms with van der Waals surface area (Å²) in [5.41, 5.74) is 1.99. The van der Waals surface area contributed by atoms with Crippen LogP contribution in [0.15, 0.2) is 40.3 Å². The molecule has 32 heavy (non-hydrogen) atoms. The fourth-order valence-electron chi connectivity index (χ4n) is 4.28. The molecule has 8 nitrogen and oxygen atoms in total. The quantitative estimate of drug-likeness (QED) is 0.370. The summed E-state index contributed by atoms with van der Waals surface area (Å²) < 4.78 is 6.88. The highest BCUT2D eigenvalue weighted by Gasteiger charge is 2.42. The van der Waals surface area contributed by atoms with Crippen LogP contribution in [-0.2, 0) is 28.3 Å². The number of aliphatic hydroxyl groups excluding tert-OH is 1. The van der Waals surface area contributed by atoms with E-state index in [-0.39, 0.29) is 12.2 Å². The SMILES string of the molecule is CC(C)(C)O/N=C/c1c2c(nc3ccccc13)-c1cc3c(c(=O)n1C2)COC(O)C3(C)O. The number of aromatic nitrogens is 2. The minimum atomic E-state index is -1.70. The molecule has 2 aliphatic rings. The van der Waals surface area contributed by atoms with Gasteiger partial charge in [-0.3, -0.25) is 4.79 Å². The first kappa shape index (κ1) is 20.8. The number of aliphatic hydroxyl groups is 2. The fraction of sp³-hybridized carbons (Fsp3) is 0.375. The van der Waals surface area contributed by atoms with Crippen molar-refractivity contribution in [3.63, 3.8) is 0 Å². The van der Waals surface area contributed by atoms with E-state index in [0.717, 1.165) is 22.0 Å². The average molecular weight is 435 g/mol. The van der Waals surface area contributed by atoms with Crippen molar-refractivity contribution in [3.05, 3.63) is 62.9 Å². The lowest BCUT2D eigenvalue weighted by Gasteiger charge is -2.35. The Labute approximate surface area is 184 Å². The van der Waals surface area contributed by atoms with Crippen molar-refractivity contribution < 1.29 is 19.8 Å². The predicted octanol–water partition coefficient (Wildman–Crippen LogP) is 2.63. The topological polar surface area (TPSA) is 106 Å². The van der Waals surface area contributed by atoms with Crippen LogP contribution in [0.4, 0.5) is 0 Å². The lowest BCUT2D eigenvalue weighted by atomic mass is 9.89. The second-order valence-corrected chi connectivity index (χ2v) is 9.43. The number of pyridine rings is 2. The molecule has 0 amide bonds. The van der Waals surface area contributed by atoms with Crippen LogP contribution in [0.25, 0.3) is 22.3 Å². The zero-order chi connectivity index (χ0) is 22.8. The van der Waals surface area contributed by atoms with Gasteiger partial charge in [-0.15, -0.1) is 0 Å². The predicted molar refractivity (Wildman–Crippen MR) is 119 cm³/mol. The van der Waals surface area contributed by atoms with Gasteiger partial charge in [-0.1, -0.05) is 23.4 Å². The highest BCUT2D eigenvalue weighted by Crippen LogP contribution is 2.39. The molecule has 2 unspecified atom stereocenters. The normalized spacial score (nSPS) is 22.1. The van der Waals surface area contributed by atoms with E-state index in [0.29, 0.717) is 29.1 Å². The van der Waals surface area contributed by atoms with E-state index < -0.39 is 17.5 Å². The van der Waals surface area contributed by atoms with Crippen molar-refractivity contribution in [2.24, 2.45) is 5.16 Å². The Balaban J connectivity index is 1.74. The Morgan fingerprint density at radius 2 is 2.06 bits per heavy atom. The van der Waals surface area contributed by atoms with Gasteiger partial charge >= 0.3 is 0 Å². The summed E-state index contributed by atoms with van der Waals surface area (Å²) in [5.74, 6) is 0. The highest BCUT2D eigenvalue weighted by molar-refractivity contribution is 6.02. The molecule has 1 aromatic carbocycles. The molecule has 0 radical (unpaired) electrons. The number of benzene rings is 1. The molecular weight excluding hydrogens is 410 g/mol. The lowest BCUT2D eigenvalue weighted by molar-refractivity contribution is -0.228. The standard InChI is InChI=1S/C24H25N3O5/c1-23(2,3)32-25-10-14-13-7-5-6-8-18(13)26-20-15(14)11-27-19(20)9-17-16(21(27)28)12-31-22(29)24(17,4)30/h5-10,22,29-30H,11-12H2,1-4H3/b25-10+. The van der Waals surface area contributed by atoms with Gasteiger partial charge in [0, 0.05) is 27.6 Å². The largest absolute Gasteiger partial charge is 0.390 e. The third-order valence-corrected chi connectivity index (χ3v) is 5.92. The number of para-hydroxylation sites is 1. The number of fused-ring (bicyclic) bond motifs is 5. The van der Waals surface area contributed by atoms with E-state index >= 15 is 0 Å². The van der Waals surface area contributed by atoms with Crippen LogP contribution in [0.3, 0.4) is 0 Å². The maximum atomic E-state index is 13.3. The number of oxime groups is 1. The number of hydrogen-bond donors (Lipinski definition) is 2. The first-order valence-corrected chi connectivity index (χ1v) is 10.5. The zero-order valence-corrected chi connectivity index (χ0v) is 18.4. The molecule has 2 aliphatic heterocycles. The highest BCUT2D eigenvalue weighted by atomic mass is 16.6. The summed E-state index contributed by atoms with van der Waals surface area (Å²) in [5, 5.41) is 26.1. The summed E-state index contributed by atoms with van der Waals surface area (Å²) in [6.07, 6.45) is 0.258. The molecule has 0 aliphatic carbocycles. The molecule has 5 rings (SSSR count). The van der Waals surface area contributed by atoms with Crippen LogP contribution in [0.2, 0.25) is 0 Å². The molecule has 2 N–H and O–H groups in total. The molecule has 8 heteroatoms. The van der Waals surface area contributed by atoms with Crippen molar-refractivity contribution in [3.8, 4) is 11.4 Å². The second kappa shape index (κ2) is 6.96. The maximum Gasteiger partial charge on any atom is 0.257 e. The van der Waals surface area contributed by atoms with Crippen molar-refractivity contribution in [2.45, 2.75) is 58.3 Å². The van der Waals surface area contributed by atoms with Crippen LogP contribution in [0.5, 0.6) is 0 Å². The first-order chi connectivity index (χ1) is 15.1. The molecule has 4 heterocycles. The Morgan fingerprint density at radius 1 is 1.31 bits per heavy atom. The van der Waals surface area contributed by atoms with E-state index in [1.807, 2.05) is 45.0 Å². The van der Waals surface area contributed by atoms with Gasteiger partial charge in [-0.05, 0) is 39.8 Å². The zero-order valence-electron chi connectivity index (χ0n) is 18.4. The minimum absolute atomic E-state index is 0.0642. The monoisotopic (exact) mass is 435 g/mol. The molecule has 166 valence electrons. The van der Waals surface area contributed by atoms with Crippen LogP contribution in [0.1, 0.15) is 49.9 Å². The van der Waals surface area contributed by atoms with Gasteiger partial charge < -0.3 is 24.4 Å². The Kier molecular flexibility index (Phi) is 4.53. The molecule has 0 saturated carbocycles. The molecule has 0 saturated heterocycles. The fourth-order valence-corrected chi connectivity index (χ4v) is 4.28. The van der Waals surface area contributed by atoms with Crippen LogP contribution in [0, 0.1) is 0 Å². The van der Waals surface area contributed by atoms with Crippen molar-refractivity contribution in [2.75, 3.05) is 0 Å². The van der Waals surface area contributed by atoms with Crippen LogP contribution in [-0.4, -0.2) is 37.9 Å². The molecule has 2 aromatic heterocycles. The van der Waals surface area contributed by atoms with E-state index in [9.17, 15) is 15.0 Å². The van der Waals surface area contributed by atoms with Crippen LogP contribution < -0.4 is 5.56 Å². The van der Waals surface area contributed by atoms with Gasteiger partial charge in [0.25, 0.3) is 5.56 Å².